The van der Waals surface area contributed by atoms with Crippen molar-refractivity contribution in [1.29, 1.82) is 0 Å². The van der Waals surface area contributed by atoms with E-state index in [-0.39, 0.29) is 29.5 Å². The van der Waals surface area contributed by atoms with Gasteiger partial charge >= 0.3 is 0 Å². The van der Waals surface area contributed by atoms with Gasteiger partial charge in [0.25, 0.3) is 10.0 Å². The number of halogens is 2. The normalized spacial score (nSPS) is 11.8. The molecular weight excluding hydrogens is 641 g/mol. The van der Waals surface area contributed by atoms with Gasteiger partial charge in [-0.2, -0.15) is 0 Å². The molecule has 1 unspecified atom stereocenters. The van der Waals surface area contributed by atoms with Crippen LogP contribution in [0.1, 0.15) is 37.8 Å². The number of rotatable bonds is 16. The average Bonchev–Trinajstić information content (AvgIpc) is 3.06. The number of carbonyl (C=O) groups excluding carboxylic acids is 2. The van der Waals surface area contributed by atoms with Gasteiger partial charge in [0.1, 0.15) is 24.2 Å². The maximum atomic E-state index is 14.5. The van der Waals surface area contributed by atoms with E-state index in [9.17, 15) is 22.4 Å². The topological polar surface area (TPSA) is 96.0 Å². The fourth-order valence-corrected chi connectivity index (χ4v) is 6.66. The van der Waals surface area contributed by atoms with Crippen LogP contribution in [0.2, 0.25) is 5.02 Å². The lowest BCUT2D eigenvalue weighted by atomic mass is 10.0. The van der Waals surface area contributed by atoms with Crippen LogP contribution in [0.25, 0.3) is 0 Å². The summed E-state index contributed by atoms with van der Waals surface area (Å²) in [5.74, 6) is -1.06. The average molecular weight is 680 g/mol. The molecule has 1 N–H and O–H groups in total. The number of amides is 2. The van der Waals surface area contributed by atoms with Crippen molar-refractivity contribution >= 4 is 39.1 Å². The number of unbranched alkanes of at least 4 members (excludes halogenated alkanes) is 1. The lowest BCUT2D eigenvalue weighted by Crippen LogP contribution is -2.53. The summed E-state index contributed by atoms with van der Waals surface area (Å²) in [6, 6.07) is 26.0. The molecule has 0 bridgehead atoms. The molecule has 0 fully saturated rings. The number of nitrogens with zero attached hydrogens (tertiary/aromatic N) is 2. The molecule has 4 rings (SSSR count). The molecule has 47 heavy (non-hydrogen) atoms. The van der Waals surface area contributed by atoms with E-state index in [1.165, 1.54) is 41.3 Å². The number of hydrogen-bond acceptors (Lipinski definition) is 5. The smallest absolute Gasteiger partial charge is 0.264 e. The van der Waals surface area contributed by atoms with Crippen LogP contribution >= 0.6 is 11.6 Å². The molecule has 4 aromatic rings. The molecule has 248 valence electrons. The van der Waals surface area contributed by atoms with Crippen molar-refractivity contribution in [3.8, 4) is 5.75 Å². The molecule has 8 nitrogen and oxygen atoms in total. The van der Waals surface area contributed by atoms with Crippen molar-refractivity contribution < 1.29 is 27.1 Å². The highest BCUT2D eigenvalue weighted by atomic mass is 35.5. The molecule has 0 heterocycles. The van der Waals surface area contributed by atoms with E-state index in [1.54, 1.807) is 24.3 Å². The standard InChI is InChI=1S/C36H39ClFN3O5S/c1-3-5-22-39-36(43)34(24-27-10-7-6-8-11-27)40(25-28-12-9-13-29(37)23-28)35(42)26-41(31-16-14-30(38)15-17-31)47(44,45)33-20-18-32(19-21-33)46-4-2/h6-21,23,34H,3-5,22,24-26H2,1-2H3,(H,39,43). The van der Waals surface area contributed by atoms with Crippen molar-refractivity contribution in [2.75, 3.05) is 24.0 Å². The summed E-state index contributed by atoms with van der Waals surface area (Å²) in [5.41, 5.74) is 1.57. The maximum absolute atomic E-state index is 14.5. The molecule has 0 aliphatic rings. The first kappa shape index (κ1) is 35.4. The molecule has 2 amide bonds. The van der Waals surface area contributed by atoms with Gasteiger partial charge in [-0.3, -0.25) is 13.9 Å². The third-order valence-electron chi connectivity index (χ3n) is 7.46. The highest BCUT2D eigenvalue weighted by molar-refractivity contribution is 7.92. The van der Waals surface area contributed by atoms with E-state index in [0.29, 0.717) is 29.5 Å². The second-order valence-electron chi connectivity index (χ2n) is 10.9. The Balaban J connectivity index is 1.78. The molecule has 0 radical (unpaired) electrons. The fraction of sp³-hybridized carbons (Fsp3) is 0.278. The van der Waals surface area contributed by atoms with Gasteiger partial charge in [0, 0.05) is 24.5 Å². The zero-order valence-electron chi connectivity index (χ0n) is 26.4. The molecule has 0 saturated heterocycles. The highest BCUT2D eigenvalue weighted by Gasteiger charge is 2.34. The summed E-state index contributed by atoms with van der Waals surface area (Å²) >= 11 is 6.29. The first-order valence-corrected chi connectivity index (χ1v) is 17.3. The molecule has 0 aliphatic heterocycles. The number of ether oxygens (including phenoxy) is 1. The number of sulfonamides is 1. The summed E-state index contributed by atoms with van der Waals surface area (Å²) in [4.78, 5) is 29.6. The molecule has 1 atom stereocenters. The zero-order valence-corrected chi connectivity index (χ0v) is 28.0. The van der Waals surface area contributed by atoms with Gasteiger partial charge in [-0.1, -0.05) is 67.4 Å². The quantitative estimate of drug-likeness (QED) is 0.134. The Kier molecular flexibility index (Phi) is 12.8. The summed E-state index contributed by atoms with van der Waals surface area (Å²) in [6.45, 7) is 3.98. The van der Waals surface area contributed by atoms with Crippen molar-refractivity contribution in [2.24, 2.45) is 0 Å². The predicted octanol–water partition coefficient (Wildman–Crippen LogP) is 6.63. The van der Waals surface area contributed by atoms with Gasteiger partial charge in [0.15, 0.2) is 0 Å². The molecular formula is C36H39ClFN3O5S. The minimum Gasteiger partial charge on any atom is -0.494 e. The minimum atomic E-state index is -4.34. The molecule has 0 aliphatic carbocycles. The third-order valence-corrected chi connectivity index (χ3v) is 9.48. The molecule has 11 heteroatoms. The monoisotopic (exact) mass is 679 g/mol. The van der Waals surface area contributed by atoms with E-state index < -0.39 is 34.3 Å². The Hall–Kier alpha value is -4.41. The van der Waals surface area contributed by atoms with Crippen LogP contribution < -0.4 is 14.4 Å². The Morgan fingerprint density at radius 1 is 0.894 bits per heavy atom. The number of benzene rings is 4. The van der Waals surface area contributed by atoms with Crippen molar-refractivity contribution in [1.82, 2.24) is 10.2 Å². The van der Waals surface area contributed by atoms with E-state index >= 15 is 0 Å². The lowest BCUT2D eigenvalue weighted by Gasteiger charge is -2.34. The first-order valence-electron chi connectivity index (χ1n) is 15.5. The van der Waals surface area contributed by atoms with E-state index in [4.69, 9.17) is 16.3 Å². The molecule has 0 aromatic heterocycles. The minimum absolute atomic E-state index is 0.0154. The van der Waals surface area contributed by atoms with Gasteiger partial charge in [0.2, 0.25) is 11.8 Å². The van der Waals surface area contributed by atoms with Crippen LogP contribution in [-0.2, 0) is 32.6 Å². The van der Waals surface area contributed by atoms with Gasteiger partial charge in [0.05, 0.1) is 17.2 Å². The summed E-state index contributed by atoms with van der Waals surface area (Å²) in [6.07, 6.45) is 1.81. The van der Waals surface area contributed by atoms with Crippen LogP contribution in [-0.4, -0.2) is 50.9 Å². The second-order valence-corrected chi connectivity index (χ2v) is 13.2. The van der Waals surface area contributed by atoms with Crippen molar-refractivity contribution in [2.45, 2.75) is 50.6 Å². The van der Waals surface area contributed by atoms with Crippen LogP contribution in [0.15, 0.2) is 108 Å². The Morgan fingerprint density at radius 2 is 1.57 bits per heavy atom. The van der Waals surface area contributed by atoms with Crippen LogP contribution in [0.5, 0.6) is 5.75 Å². The van der Waals surface area contributed by atoms with Crippen LogP contribution in [0.4, 0.5) is 10.1 Å². The zero-order chi connectivity index (χ0) is 33.8. The highest BCUT2D eigenvalue weighted by Crippen LogP contribution is 2.27. The SMILES string of the molecule is CCCCNC(=O)C(Cc1ccccc1)N(Cc1cccc(Cl)c1)C(=O)CN(c1ccc(F)cc1)S(=O)(=O)c1ccc(OCC)cc1. The number of anilines is 1. The van der Waals surface area contributed by atoms with Gasteiger partial charge in [-0.25, -0.2) is 12.8 Å². The summed E-state index contributed by atoms with van der Waals surface area (Å²) in [7, 11) is -4.34. The number of carbonyl (C=O) groups is 2. The van der Waals surface area contributed by atoms with Crippen LogP contribution in [0, 0.1) is 5.82 Å². The van der Waals surface area contributed by atoms with Crippen molar-refractivity contribution in [3.63, 3.8) is 0 Å². The van der Waals surface area contributed by atoms with Gasteiger partial charge in [-0.05, 0) is 85.1 Å². The van der Waals surface area contributed by atoms with E-state index in [2.05, 4.69) is 5.32 Å². The van der Waals surface area contributed by atoms with Gasteiger partial charge in [-0.15, -0.1) is 0 Å². The summed E-state index contributed by atoms with van der Waals surface area (Å²) in [5, 5.41) is 3.41. The third kappa shape index (κ3) is 9.79. The first-order chi connectivity index (χ1) is 22.6. The molecule has 0 saturated carbocycles. The van der Waals surface area contributed by atoms with Crippen LogP contribution in [0.3, 0.4) is 0 Å². The van der Waals surface area contributed by atoms with E-state index in [1.807, 2.05) is 44.2 Å². The second kappa shape index (κ2) is 16.9. The summed E-state index contributed by atoms with van der Waals surface area (Å²) < 4.78 is 48.7. The van der Waals surface area contributed by atoms with Gasteiger partial charge < -0.3 is 15.0 Å². The molecule has 4 aromatic carbocycles. The Morgan fingerprint density at radius 3 is 2.21 bits per heavy atom. The lowest BCUT2D eigenvalue weighted by molar-refractivity contribution is -0.140. The van der Waals surface area contributed by atoms with Crippen molar-refractivity contribution in [3.05, 3.63) is 125 Å². The maximum Gasteiger partial charge on any atom is 0.264 e. The Bertz CT molecular complexity index is 1720. The largest absolute Gasteiger partial charge is 0.494 e. The number of hydrogen-bond donors (Lipinski definition) is 1. The van der Waals surface area contributed by atoms with E-state index in [0.717, 1.165) is 34.8 Å². The Labute approximate surface area is 281 Å². The fourth-order valence-electron chi connectivity index (χ4n) is 5.03. The molecule has 0 spiro atoms. The number of nitrogens with one attached hydrogen (secondary N) is 1. The predicted molar refractivity (Wildman–Crippen MR) is 182 cm³/mol.